The predicted molar refractivity (Wildman–Crippen MR) is 54.5 cm³/mol. The van der Waals surface area contributed by atoms with E-state index in [1.807, 2.05) is 25.1 Å². The number of aliphatic hydroxyl groups is 1. The van der Waals surface area contributed by atoms with Crippen LogP contribution in [0.3, 0.4) is 0 Å². The van der Waals surface area contributed by atoms with Gasteiger partial charge in [0, 0.05) is 6.54 Å². The molecule has 0 spiro atoms. The molecule has 0 saturated heterocycles. The van der Waals surface area contributed by atoms with Gasteiger partial charge in [0.05, 0.1) is 5.60 Å². The summed E-state index contributed by atoms with van der Waals surface area (Å²) in [7, 11) is 0. The average Bonchev–Trinajstić information content (AvgIpc) is 2.09. The molecule has 2 nitrogen and oxygen atoms in total. The molecule has 1 unspecified atom stereocenters. The smallest absolute Gasteiger partial charge is 0.0990 e. The zero-order chi connectivity index (χ0) is 10.1. The molecule has 72 valence electrons. The van der Waals surface area contributed by atoms with Gasteiger partial charge in [0.15, 0.2) is 0 Å². The molecule has 13 heavy (non-hydrogen) atoms. The molecule has 1 atom stereocenters. The van der Waals surface area contributed by atoms with Crippen molar-refractivity contribution in [3.63, 3.8) is 0 Å². The van der Waals surface area contributed by atoms with Crippen LogP contribution in [0.15, 0.2) is 18.2 Å². The maximum absolute atomic E-state index is 9.88. The van der Waals surface area contributed by atoms with Crippen LogP contribution in [0, 0.1) is 13.8 Å². The Bertz CT molecular complexity index is 305. The van der Waals surface area contributed by atoms with Gasteiger partial charge in [-0.3, -0.25) is 0 Å². The highest BCUT2D eigenvalue weighted by atomic mass is 16.3. The van der Waals surface area contributed by atoms with Gasteiger partial charge < -0.3 is 10.8 Å². The average molecular weight is 179 g/mol. The summed E-state index contributed by atoms with van der Waals surface area (Å²) >= 11 is 0. The minimum atomic E-state index is -0.904. The number of nitrogens with two attached hydrogens (primary N) is 1. The number of aryl methyl sites for hydroxylation is 2. The van der Waals surface area contributed by atoms with E-state index in [1.165, 1.54) is 11.1 Å². The van der Waals surface area contributed by atoms with E-state index in [0.717, 1.165) is 5.56 Å². The van der Waals surface area contributed by atoms with Gasteiger partial charge in [-0.15, -0.1) is 0 Å². The lowest BCUT2D eigenvalue weighted by Crippen LogP contribution is -2.31. The molecular formula is C11H17NO. The summed E-state index contributed by atoms with van der Waals surface area (Å²) in [5, 5.41) is 9.88. The maximum atomic E-state index is 9.88. The molecule has 1 aromatic carbocycles. The Hall–Kier alpha value is -0.860. The van der Waals surface area contributed by atoms with Gasteiger partial charge in [0.25, 0.3) is 0 Å². The fourth-order valence-electron chi connectivity index (χ4n) is 1.19. The quantitative estimate of drug-likeness (QED) is 0.722. The molecule has 0 heterocycles. The molecule has 0 bridgehead atoms. The monoisotopic (exact) mass is 179 g/mol. The highest BCUT2D eigenvalue weighted by Crippen LogP contribution is 2.21. The lowest BCUT2D eigenvalue weighted by atomic mass is 9.93. The van der Waals surface area contributed by atoms with Gasteiger partial charge in [0.1, 0.15) is 0 Å². The third-order valence-electron chi connectivity index (χ3n) is 2.53. The molecule has 0 saturated carbocycles. The van der Waals surface area contributed by atoms with Crippen LogP contribution >= 0.6 is 0 Å². The van der Waals surface area contributed by atoms with Crippen LogP contribution < -0.4 is 5.73 Å². The van der Waals surface area contributed by atoms with Crippen LogP contribution in [-0.2, 0) is 5.60 Å². The first kappa shape index (κ1) is 10.2. The summed E-state index contributed by atoms with van der Waals surface area (Å²) in [6.45, 7) is 6.06. The van der Waals surface area contributed by atoms with Gasteiger partial charge in [0.2, 0.25) is 0 Å². The van der Waals surface area contributed by atoms with Crippen LogP contribution in [0.5, 0.6) is 0 Å². The molecule has 0 aliphatic carbocycles. The van der Waals surface area contributed by atoms with Gasteiger partial charge in [-0.2, -0.15) is 0 Å². The second kappa shape index (κ2) is 3.48. The van der Waals surface area contributed by atoms with Gasteiger partial charge in [-0.25, -0.2) is 0 Å². The fourth-order valence-corrected chi connectivity index (χ4v) is 1.19. The number of hydrogen-bond donors (Lipinski definition) is 2. The normalized spacial score (nSPS) is 15.5. The van der Waals surface area contributed by atoms with Crippen molar-refractivity contribution < 1.29 is 5.11 Å². The van der Waals surface area contributed by atoms with Crippen molar-refractivity contribution in [2.45, 2.75) is 26.4 Å². The minimum Gasteiger partial charge on any atom is -0.384 e. The first-order valence-electron chi connectivity index (χ1n) is 4.47. The van der Waals surface area contributed by atoms with E-state index >= 15 is 0 Å². The molecule has 0 aliphatic heterocycles. The number of hydrogen-bond acceptors (Lipinski definition) is 2. The van der Waals surface area contributed by atoms with Crippen LogP contribution in [0.1, 0.15) is 23.6 Å². The van der Waals surface area contributed by atoms with E-state index in [9.17, 15) is 5.11 Å². The highest BCUT2D eigenvalue weighted by Gasteiger charge is 2.20. The molecule has 0 fully saturated rings. The van der Waals surface area contributed by atoms with Crippen LogP contribution in [-0.4, -0.2) is 11.7 Å². The summed E-state index contributed by atoms with van der Waals surface area (Å²) in [6, 6.07) is 5.92. The molecule has 1 aromatic rings. The molecular weight excluding hydrogens is 162 g/mol. The van der Waals surface area contributed by atoms with Crippen molar-refractivity contribution >= 4 is 0 Å². The summed E-state index contributed by atoms with van der Waals surface area (Å²) < 4.78 is 0. The Kier molecular flexibility index (Phi) is 2.74. The molecule has 2 heteroatoms. The first-order chi connectivity index (χ1) is 5.97. The second-order valence-corrected chi connectivity index (χ2v) is 3.78. The third-order valence-corrected chi connectivity index (χ3v) is 2.53. The standard InChI is InChI=1S/C11H17NO/c1-8-4-5-10(6-9(8)2)11(3,13)7-12/h4-6,13H,7,12H2,1-3H3. The van der Waals surface area contributed by atoms with E-state index in [2.05, 4.69) is 6.92 Å². The third kappa shape index (κ3) is 2.08. The predicted octanol–water partition coefficient (Wildman–Crippen LogP) is 1.47. The lowest BCUT2D eigenvalue weighted by molar-refractivity contribution is 0.0668. The second-order valence-electron chi connectivity index (χ2n) is 3.78. The minimum absolute atomic E-state index is 0.246. The molecule has 0 radical (unpaired) electrons. The highest BCUT2D eigenvalue weighted by molar-refractivity contribution is 5.33. The first-order valence-corrected chi connectivity index (χ1v) is 4.47. The molecule has 1 rings (SSSR count). The van der Waals surface area contributed by atoms with E-state index in [4.69, 9.17) is 5.73 Å². The molecule has 3 N–H and O–H groups in total. The summed E-state index contributed by atoms with van der Waals surface area (Å²) in [5.74, 6) is 0. The summed E-state index contributed by atoms with van der Waals surface area (Å²) in [5.41, 5.74) is 7.88. The van der Waals surface area contributed by atoms with E-state index < -0.39 is 5.60 Å². The van der Waals surface area contributed by atoms with E-state index in [1.54, 1.807) is 6.92 Å². The zero-order valence-electron chi connectivity index (χ0n) is 8.46. The van der Waals surface area contributed by atoms with E-state index in [-0.39, 0.29) is 6.54 Å². The Labute approximate surface area is 79.4 Å². The maximum Gasteiger partial charge on any atom is 0.0990 e. The van der Waals surface area contributed by atoms with Crippen molar-refractivity contribution in [1.82, 2.24) is 0 Å². The van der Waals surface area contributed by atoms with Crippen molar-refractivity contribution in [2.75, 3.05) is 6.54 Å². The molecule has 0 aromatic heterocycles. The van der Waals surface area contributed by atoms with E-state index in [0.29, 0.717) is 0 Å². The largest absolute Gasteiger partial charge is 0.384 e. The van der Waals surface area contributed by atoms with Gasteiger partial charge in [-0.05, 0) is 37.5 Å². The SMILES string of the molecule is Cc1ccc(C(C)(O)CN)cc1C. The lowest BCUT2D eigenvalue weighted by Gasteiger charge is -2.22. The topological polar surface area (TPSA) is 46.2 Å². The van der Waals surface area contributed by atoms with Crippen LogP contribution in [0.2, 0.25) is 0 Å². The van der Waals surface area contributed by atoms with Crippen LogP contribution in [0.4, 0.5) is 0 Å². The van der Waals surface area contributed by atoms with Gasteiger partial charge in [-0.1, -0.05) is 18.2 Å². The van der Waals surface area contributed by atoms with Crippen molar-refractivity contribution in [3.8, 4) is 0 Å². The van der Waals surface area contributed by atoms with Crippen LogP contribution in [0.25, 0.3) is 0 Å². The Morgan fingerprint density at radius 2 is 1.92 bits per heavy atom. The number of rotatable bonds is 2. The summed E-state index contributed by atoms with van der Waals surface area (Å²) in [6.07, 6.45) is 0. The number of benzene rings is 1. The Balaban J connectivity index is 3.10. The molecule has 0 aliphatic rings. The summed E-state index contributed by atoms with van der Waals surface area (Å²) in [4.78, 5) is 0. The molecule has 0 amide bonds. The van der Waals surface area contributed by atoms with Gasteiger partial charge >= 0.3 is 0 Å². The fraction of sp³-hybridized carbons (Fsp3) is 0.455. The Morgan fingerprint density at radius 1 is 1.31 bits per heavy atom. The Morgan fingerprint density at radius 3 is 2.38 bits per heavy atom. The zero-order valence-corrected chi connectivity index (χ0v) is 8.46. The van der Waals surface area contributed by atoms with Crippen molar-refractivity contribution in [1.29, 1.82) is 0 Å². The van der Waals surface area contributed by atoms with Crippen molar-refractivity contribution in [2.24, 2.45) is 5.73 Å². The van der Waals surface area contributed by atoms with Crippen molar-refractivity contribution in [3.05, 3.63) is 34.9 Å².